The van der Waals surface area contributed by atoms with Crippen LogP contribution in [0.5, 0.6) is 0 Å². The lowest BCUT2D eigenvalue weighted by Crippen LogP contribution is -2.48. The molecule has 1 saturated heterocycles. The summed E-state index contributed by atoms with van der Waals surface area (Å²) in [7, 11) is 0. The van der Waals surface area contributed by atoms with E-state index < -0.39 is 0 Å². The van der Waals surface area contributed by atoms with Crippen LogP contribution < -0.4 is 0 Å². The smallest absolute Gasteiger partial charge is 0.272 e. The van der Waals surface area contributed by atoms with E-state index in [4.69, 9.17) is 0 Å². The molecule has 114 valence electrons. The van der Waals surface area contributed by atoms with Gasteiger partial charge in [-0.05, 0) is 25.1 Å². The van der Waals surface area contributed by atoms with Gasteiger partial charge in [-0.25, -0.2) is 4.68 Å². The first-order chi connectivity index (χ1) is 10.7. The van der Waals surface area contributed by atoms with Crippen molar-refractivity contribution in [2.75, 3.05) is 26.2 Å². The molecule has 1 fully saturated rings. The first kappa shape index (κ1) is 14.3. The number of para-hydroxylation sites is 1. The molecule has 6 nitrogen and oxygen atoms in total. The number of benzene rings is 1. The molecule has 0 spiro atoms. The summed E-state index contributed by atoms with van der Waals surface area (Å²) in [5.41, 5.74) is 2.23. The fraction of sp³-hybridized carbons (Fsp3) is 0.312. The van der Waals surface area contributed by atoms with Crippen molar-refractivity contribution in [3.05, 3.63) is 47.8 Å². The monoisotopic (exact) mass is 298 g/mol. The van der Waals surface area contributed by atoms with Gasteiger partial charge in [-0.2, -0.15) is 5.10 Å². The van der Waals surface area contributed by atoms with E-state index >= 15 is 0 Å². The Kier molecular flexibility index (Phi) is 3.91. The predicted molar refractivity (Wildman–Crippen MR) is 81.8 cm³/mol. The topological polar surface area (TPSA) is 58.4 Å². The largest absolute Gasteiger partial charge is 0.342 e. The van der Waals surface area contributed by atoms with Crippen LogP contribution in [0.15, 0.2) is 36.4 Å². The second kappa shape index (κ2) is 6.01. The van der Waals surface area contributed by atoms with Gasteiger partial charge in [0.2, 0.25) is 6.41 Å². The Hall–Kier alpha value is -2.63. The average molecular weight is 298 g/mol. The molecular weight excluding hydrogens is 280 g/mol. The number of rotatable bonds is 3. The Morgan fingerprint density at radius 2 is 1.82 bits per heavy atom. The minimum atomic E-state index is -0.0463. The highest BCUT2D eigenvalue weighted by atomic mass is 16.2. The Bertz CT molecular complexity index is 673. The molecule has 1 aliphatic heterocycles. The molecule has 0 unspecified atom stereocenters. The van der Waals surface area contributed by atoms with Crippen LogP contribution in [-0.4, -0.2) is 58.1 Å². The molecule has 0 radical (unpaired) electrons. The van der Waals surface area contributed by atoms with Crippen LogP contribution in [0.4, 0.5) is 0 Å². The molecule has 6 heteroatoms. The van der Waals surface area contributed by atoms with Gasteiger partial charge in [0, 0.05) is 26.2 Å². The van der Waals surface area contributed by atoms with Crippen molar-refractivity contribution in [1.29, 1.82) is 0 Å². The van der Waals surface area contributed by atoms with Crippen LogP contribution in [0.3, 0.4) is 0 Å². The van der Waals surface area contributed by atoms with Gasteiger partial charge in [0.15, 0.2) is 0 Å². The van der Waals surface area contributed by atoms with Crippen molar-refractivity contribution in [2.45, 2.75) is 6.92 Å². The highest BCUT2D eigenvalue weighted by molar-refractivity contribution is 5.93. The minimum Gasteiger partial charge on any atom is -0.342 e. The molecule has 1 aromatic heterocycles. The standard InChI is InChI=1S/C16H18N4O2/c1-13-11-15(20(17-13)14-5-3-2-4-6-14)16(22)19-9-7-18(12-21)8-10-19/h2-6,11-12H,7-10H2,1H3. The zero-order chi connectivity index (χ0) is 15.5. The second-order valence-corrected chi connectivity index (χ2v) is 5.35. The summed E-state index contributed by atoms with van der Waals surface area (Å²) in [6.45, 7) is 4.13. The summed E-state index contributed by atoms with van der Waals surface area (Å²) in [5, 5.41) is 4.43. The van der Waals surface area contributed by atoms with Gasteiger partial charge in [0.25, 0.3) is 5.91 Å². The van der Waals surface area contributed by atoms with Gasteiger partial charge in [-0.1, -0.05) is 18.2 Å². The van der Waals surface area contributed by atoms with Crippen molar-refractivity contribution >= 4 is 12.3 Å². The zero-order valence-corrected chi connectivity index (χ0v) is 12.5. The lowest BCUT2D eigenvalue weighted by molar-refractivity contribution is -0.119. The first-order valence-corrected chi connectivity index (χ1v) is 7.30. The number of aromatic nitrogens is 2. The van der Waals surface area contributed by atoms with E-state index in [2.05, 4.69) is 5.10 Å². The van der Waals surface area contributed by atoms with Crippen molar-refractivity contribution in [3.8, 4) is 5.69 Å². The van der Waals surface area contributed by atoms with Gasteiger partial charge >= 0.3 is 0 Å². The molecular formula is C16H18N4O2. The maximum absolute atomic E-state index is 12.8. The van der Waals surface area contributed by atoms with E-state index in [1.54, 1.807) is 20.5 Å². The summed E-state index contributed by atoms with van der Waals surface area (Å²) >= 11 is 0. The van der Waals surface area contributed by atoms with E-state index in [9.17, 15) is 9.59 Å². The Morgan fingerprint density at radius 1 is 1.14 bits per heavy atom. The highest BCUT2D eigenvalue weighted by Crippen LogP contribution is 2.15. The quantitative estimate of drug-likeness (QED) is 0.797. The van der Waals surface area contributed by atoms with E-state index in [1.165, 1.54) is 0 Å². The number of carbonyl (C=O) groups excluding carboxylic acids is 2. The Balaban J connectivity index is 1.86. The Labute approximate surface area is 128 Å². The lowest BCUT2D eigenvalue weighted by atomic mass is 10.2. The van der Waals surface area contributed by atoms with Gasteiger partial charge in [0.05, 0.1) is 11.4 Å². The van der Waals surface area contributed by atoms with E-state index in [-0.39, 0.29) is 5.91 Å². The first-order valence-electron chi connectivity index (χ1n) is 7.30. The van der Waals surface area contributed by atoms with Crippen molar-refractivity contribution in [1.82, 2.24) is 19.6 Å². The van der Waals surface area contributed by atoms with Gasteiger partial charge in [-0.15, -0.1) is 0 Å². The SMILES string of the molecule is Cc1cc(C(=O)N2CCN(C=O)CC2)n(-c2ccccc2)n1. The Morgan fingerprint density at radius 3 is 2.45 bits per heavy atom. The molecule has 0 aliphatic carbocycles. The molecule has 0 saturated carbocycles. The minimum absolute atomic E-state index is 0.0463. The van der Waals surface area contributed by atoms with Crippen LogP contribution in [-0.2, 0) is 4.79 Å². The summed E-state index contributed by atoms with van der Waals surface area (Å²) in [6.07, 6.45) is 0.834. The van der Waals surface area contributed by atoms with Crippen molar-refractivity contribution in [3.63, 3.8) is 0 Å². The molecule has 0 atom stereocenters. The molecule has 0 N–H and O–H groups in total. The number of nitrogens with zero attached hydrogens (tertiary/aromatic N) is 4. The summed E-state index contributed by atoms with van der Waals surface area (Å²) in [5.74, 6) is -0.0463. The molecule has 0 bridgehead atoms. The summed E-state index contributed by atoms with van der Waals surface area (Å²) in [4.78, 5) is 27.0. The lowest BCUT2D eigenvalue weighted by Gasteiger charge is -2.32. The molecule has 2 amide bonds. The number of carbonyl (C=O) groups is 2. The van der Waals surface area contributed by atoms with Crippen LogP contribution in [0, 0.1) is 6.92 Å². The van der Waals surface area contributed by atoms with Gasteiger partial charge < -0.3 is 9.80 Å². The molecule has 3 rings (SSSR count). The highest BCUT2D eigenvalue weighted by Gasteiger charge is 2.24. The van der Waals surface area contributed by atoms with E-state index in [0.29, 0.717) is 31.9 Å². The number of piperazine rings is 1. The number of amides is 2. The maximum atomic E-state index is 12.8. The predicted octanol–water partition coefficient (Wildman–Crippen LogP) is 1.09. The number of aryl methyl sites for hydroxylation is 1. The number of hydrogen-bond donors (Lipinski definition) is 0. The van der Waals surface area contributed by atoms with Crippen LogP contribution >= 0.6 is 0 Å². The van der Waals surface area contributed by atoms with Crippen LogP contribution in [0.25, 0.3) is 5.69 Å². The summed E-state index contributed by atoms with van der Waals surface area (Å²) < 4.78 is 1.68. The third kappa shape index (κ3) is 2.72. The van der Waals surface area contributed by atoms with Gasteiger partial charge in [-0.3, -0.25) is 9.59 Å². The molecule has 2 heterocycles. The van der Waals surface area contributed by atoms with Crippen LogP contribution in [0.1, 0.15) is 16.2 Å². The summed E-state index contributed by atoms with van der Waals surface area (Å²) in [6, 6.07) is 11.4. The average Bonchev–Trinajstić information content (AvgIpc) is 2.97. The fourth-order valence-corrected chi connectivity index (χ4v) is 2.61. The van der Waals surface area contributed by atoms with Gasteiger partial charge in [0.1, 0.15) is 5.69 Å². The fourth-order valence-electron chi connectivity index (χ4n) is 2.61. The molecule has 1 aliphatic rings. The molecule has 2 aromatic rings. The zero-order valence-electron chi connectivity index (χ0n) is 12.5. The van der Waals surface area contributed by atoms with Crippen LogP contribution in [0.2, 0.25) is 0 Å². The third-order valence-corrected chi connectivity index (χ3v) is 3.80. The normalized spacial score (nSPS) is 15.0. The van der Waals surface area contributed by atoms with Crippen molar-refractivity contribution < 1.29 is 9.59 Å². The van der Waals surface area contributed by atoms with E-state index in [1.807, 2.05) is 37.3 Å². The van der Waals surface area contributed by atoms with E-state index in [0.717, 1.165) is 17.8 Å². The second-order valence-electron chi connectivity index (χ2n) is 5.35. The maximum Gasteiger partial charge on any atom is 0.272 e. The number of hydrogen-bond acceptors (Lipinski definition) is 3. The molecule has 1 aromatic carbocycles. The molecule has 22 heavy (non-hydrogen) atoms. The van der Waals surface area contributed by atoms with Crippen molar-refractivity contribution in [2.24, 2.45) is 0 Å². The third-order valence-electron chi connectivity index (χ3n) is 3.80.